The first kappa shape index (κ1) is 32.0. The molecule has 2 aliphatic carbocycles. The third-order valence-electron chi connectivity index (χ3n) is 8.99. The van der Waals surface area contributed by atoms with Crippen LogP contribution in [0, 0.1) is 29.1 Å². The molecule has 0 radical (unpaired) electrons. The molecule has 2 amide bonds. The Morgan fingerprint density at radius 3 is 2.34 bits per heavy atom. The van der Waals surface area contributed by atoms with E-state index in [0.29, 0.717) is 53.6 Å². The molecule has 236 valence electrons. The number of likely N-dealkylation sites (tertiary alicyclic amines) is 1. The third kappa shape index (κ3) is 7.82. The number of aromatic carboxylic acids is 1. The van der Waals surface area contributed by atoms with Crippen LogP contribution in [-0.4, -0.2) is 52.9 Å². The largest absolute Gasteiger partial charge is 0.544 e. The van der Waals surface area contributed by atoms with Gasteiger partial charge < -0.3 is 24.4 Å². The van der Waals surface area contributed by atoms with Crippen LogP contribution in [0.1, 0.15) is 117 Å². The van der Waals surface area contributed by atoms with Gasteiger partial charge in [0.25, 0.3) is 5.91 Å². The van der Waals surface area contributed by atoms with Crippen LogP contribution in [0.3, 0.4) is 0 Å². The molecule has 3 fully saturated rings. The minimum atomic E-state index is -1.28. The Kier molecular flexibility index (Phi) is 9.99. The molecule has 2 aromatic rings. The Hall–Kier alpha value is -3.38. The summed E-state index contributed by atoms with van der Waals surface area (Å²) in [6.07, 6.45) is 9.89. The van der Waals surface area contributed by atoms with Gasteiger partial charge in [0.2, 0.25) is 11.8 Å². The van der Waals surface area contributed by atoms with E-state index in [4.69, 9.17) is 4.74 Å². The van der Waals surface area contributed by atoms with Crippen molar-refractivity contribution >= 4 is 34.8 Å². The van der Waals surface area contributed by atoms with E-state index in [9.17, 15) is 19.5 Å². The summed E-state index contributed by atoms with van der Waals surface area (Å²) in [6.45, 7) is 9.80. The number of rotatable bonds is 7. The van der Waals surface area contributed by atoms with Crippen molar-refractivity contribution in [1.29, 1.82) is 0 Å². The van der Waals surface area contributed by atoms with Crippen molar-refractivity contribution in [2.45, 2.75) is 104 Å². The standard InChI is InChI=1S/C35H45N3O5S/c1-23-7-9-24(10-8-23)33(40)38(29-22-28(15-17-35(2,3)4)44-31(29)34(41)42)26-11-13-27(14-12-26)43-30-21-25(16-18-36-30)32(39)37-19-5-6-20-37/h16,18,21-24,26-27H,5-14,19-20H2,1-4H3,(H,41,42)/p-1. The number of pyridine rings is 1. The summed E-state index contributed by atoms with van der Waals surface area (Å²) < 4.78 is 6.26. The van der Waals surface area contributed by atoms with E-state index in [0.717, 1.165) is 63.0 Å². The average Bonchev–Trinajstić information content (AvgIpc) is 3.68. The van der Waals surface area contributed by atoms with Crippen LogP contribution in [0.4, 0.5) is 5.69 Å². The molecule has 0 N–H and O–H groups in total. The Bertz CT molecular complexity index is 1410. The molecule has 0 spiro atoms. The number of carbonyl (C=O) groups is 3. The van der Waals surface area contributed by atoms with Gasteiger partial charge in [-0.2, -0.15) is 0 Å². The third-order valence-corrected chi connectivity index (χ3v) is 10.0. The molecule has 1 aliphatic heterocycles. The number of carbonyl (C=O) groups excluding carboxylic acids is 3. The first-order valence-corrected chi connectivity index (χ1v) is 16.9. The molecular formula is C35H44N3O5S-. The van der Waals surface area contributed by atoms with Gasteiger partial charge in [-0.25, -0.2) is 4.98 Å². The van der Waals surface area contributed by atoms with E-state index >= 15 is 0 Å². The second-order valence-corrected chi connectivity index (χ2v) is 14.8. The van der Waals surface area contributed by atoms with E-state index in [2.05, 4.69) is 23.7 Å². The first-order chi connectivity index (χ1) is 21.0. The Morgan fingerprint density at radius 1 is 1.02 bits per heavy atom. The zero-order chi connectivity index (χ0) is 31.4. The van der Waals surface area contributed by atoms with Crippen LogP contribution >= 0.6 is 11.3 Å². The molecule has 3 aliphatic rings. The molecule has 3 heterocycles. The van der Waals surface area contributed by atoms with Gasteiger partial charge in [-0.1, -0.05) is 18.8 Å². The van der Waals surface area contributed by atoms with Crippen molar-refractivity contribution in [1.82, 2.24) is 9.88 Å². The van der Waals surface area contributed by atoms with Crippen LogP contribution < -0.4 is 14.7 Å². The highest BCUT2D eigenvalue weighted by Crippen LogP contribution is 2.39. The van der Waals surface area contributed by atoms with Crippen LogP contribution in [-0.2, 0) is 4.79 Å². The predicted octanol–water partition coefficient (Wildman–Crippen LogP) is 5.69. The highest BCUT2D eigenvalue weighted by Gasteiger charge is 2.37. The summed E-state index contributed by atoms with van der Waals surface area (Å²) in [7, 11) is 0. The van der Waals surface area contributed by atoms with Crippen molar-refractivity contribution in [3.8, 4) is 17.7 Å². The van der Waals surface area contributed by atoms with E-state index in [1.807, 2.05) is 25.7 Å². The lowest BCUT2D eigenvalue weighted by atomic mass is 9.81. The number of carboxylic acid groups (broad SMARTS) is 1. The van der Waals surface area contributed by atoms with Gasteiger partial charge >= 0.3 is 0 Å². The molecule has 2 aromatic heterocycles. The smallest absolute Gasteiger partial charge is 0.254 e. The van der Waals surface area contributed by atoms with Crippen LogP contribution in [0.5, 0.6) is 5.88 Å². The van der Waals surface area contributed by atoms with Gasteiger partial charge in [0.05, 0.1) is 21.4 Å². The minimum absolute atomic E-state index is 0.00620. The molecule has 0 bridgehead atoms. The second-order valence-electron chi connectivity index (χ2n) is 13.7. The Balaban J connectivity index is 1.34. The number of hydrogen-bond donors (Lipinski definition) is 0. The molecule has 9 heteroatoms. The molecule has 0 aromatic carbocycles. The van der Waals surface area contributed by atoms with Gasteiger partial charge in [0.15, 0.2) is 0 Å². The molecule has 0 atom stereocenters. The predicted molar refractivity (Wildman–Crippen MR) is 170 cm³/mol. The number of amides is 2. The number of anilines is 1. The van der Waals surface area contributed by atoms with Crippen molar-refractivity contribution < 1.29 is 24.2 Å². The fourth-order valence-corrected chi connectivity index (χ4v) is 7.36. The number of thiophene rings is 1. The SMILES string of the molecule is CC1CCC(C(=O)N(c2cc(C#CC(C)(C)C)sc2C(=O)[O-])C2CCC(Oc3cc(C(=O)N4CCCC4)ccn3)CC2)CC1. The monoisotopic (exact) mass is 618 g/mol. The summed E-state index contributed by atoms with van der Waals surface area (Å²) in [5, 5.41) is 12.3. The zero-order valence-electron chi connectivity index (χ0n) is 26.4. The van der Waals surface area contributed by atoms with E-state index < -0.39 is 5.97 Å². The minimum Gasteiger partial charge on any atom is -0.544 e. The van der Waals surface area contributed by atoms with E-state index in [1.165, 1.54) is 0 Å². The average molecular weight is 619 g/mol. The normalized spacial score (nSPS) is 23.9. The van der Waals surface area contributed by atoms with Gasteiger partial charge in [-0.05, 0) is 103 Å². The maximum Gasteiger partial charge on any atom is 0.254 e. The number of ether oxygens (including phenoxy) is 1. The fraction of sp³-hybridized carbons (Fsp3) is 0.600. The molecule has 44 heavy (non-hydrogen) atoms. The summed E-state index contributed by atoms with van der Waals surface area (Å²) >= 11 is 1.09. The van der Waals surface area contributed by atoms with Crippen LogP contribution in [0.25, 0.3) is 0 Å². The molecule has 5 rings (SSSR count). The first-order valence-electron chi connectivity index (χ1n) is 16.1. The second kappa shape index (κ2) is 13.7. The van der Waals surface area contributed by atoms with Crippen LogP contribution in [0.15, 0.2) is 24.4 Å². The maximum atomic E-state index is 14.2. The summed E-state index contributed by atoms with van der Waals surface area (Å²) in [4.78, 5) is 48.1. The van der Waals surface area contributed by atoms with E-state index in [1.54, 1.807) is 29.3 Å². The van der Waals surface area contributed by atoms with Crippen molar-refractivity contribution in [2.24, 2.45) is 17.3 Å². The summed E-state index contributed by atoms with van der Waals surface area (Å²) in [5.41, 5.74) is 0.756. The Labute approximate surface area is 265 Å². The molecule has 8 nitrogen and oxygen atoms in total. The summed E-state index contributed by atoms with van der Waals surface area (Å²) in [5.74, 6) is 5.95. The van der Waals surface area contributed by atoms with Gasteiger partial charge in [0, 0.05) is 48.3 Å². The maximum absolute atomic E-state index is 14.2. The number of carboxylic acids is 1. The van der Waals surface area contributed by atoms with Gasteiger partial charge in [0.1, 0.15) is 6.10 Å². The van der Waals surface area contributed by atoms with Gasteiger partial charge in [-0.3, -0.25) is 9.59 Å². The highest BCUT2D eigenvalue weighted by molar-refractivity contribution is 7.15. The zero-order valence-corrected chi connectivity index (χ0v) is 27.2. The van der Waals surface area contributed by atoms with E-state index in [-0.39, 0.29) is 40.2 Å². The van der Waals surface area contributed by atoms with Crippen molar-refractivity contribution in [3.63, 3.8) is 0 Å². The van der Waals surface area contributed by atoms with Gasteiger partial charge in [-0.15, -0.1) is 11.3 Å². The lowest BCUT2D eigenvalue weighted by Crippen LogP contribution is -2.47. The lowest BCUT2D eigenvalue weighted by molar-refractivity contribution is -0.254. The molecule has 1 saturated heterocycles. The number of aromatic nitrogens is 1. The quantitative estimate of drug-likeness (QED) is 0.370. The number of nitrogens with zero attached hydrogens (tertiary/aromatic N) is 3. The Morgan fingerprint density at radius 2 is 1.70 bits per heavy atom. The summed E-state index contributed by atoms with van der Waals surface area (Å²) in [6, 6.07) is 5.07. The topological polar surface area (TPSA) is 103 Å². The van der Waals surface area contributed by atoms with Crippen LogP contribution in [0.2, 0.25) is 0 Å². The van der Waals surface area contributed by atoms with Crippen molar-refractivity contribution in [2.75, 3.05) is 18.0 Å². The molecule has 0 unspecified atom stereocenters. The lowest BCUT2D eigenvalue weighted by Gasteiger charge is -2.39. The van der Waals surface area contributed by atoms with Crippen molar-refractivity contribution in [3.05, 3.63) is 39.7 Å². The molecular weight excluding hydrogens is 574 g/mol. The number of hydrogen-bond acceptors (Lipinski definition) is 7. The fourth-order valence-electron chi connectivity index (χ4n) is 6.52. The highest BCUT2D eigenvalue weighted by atomic mass is 32.1. The molecule has 2 saturated carbocycles.